The summed E-state index contributed by atoms with van der Waals surface area (Å²) in [6, 6.07) is 2.49. The molecule has 1 aliphatic rings. The number of aromatic nitrogens is 1. The molecule has 0 aliphatic carbocycles. The zero-order valence-corrected chi connectivity index (χ0v) is 14.1. The average Bonchev–Trinajstić information content (AvgIpc) is 2.62. The predicted octanol–water partition coefficient (Wildman–Crippen LogP) is 2.40. The van der Waals surface area contributed by atoms with E-state index in [0.717, 1.165) is 4.47 Å². The molecule has 0 saturated carbocycles. The smallest absolute Gasteiger partial charge is 0.426 e. The van der Waals surface area contributed by atoms with Crippen LogP contribution in [0, 0.1) is 0 Å². The molecule has 9 heteroatoms. The summed E-state index contributed by atoms with van der Waals surface area (Å²) in [5.74, 6) is 0. The molecule has 2 rings (SSSR count). The molecule has 0 bridgehead atoms. The fourth-order valence-electron chi connectivity index (χ4n) is 1.77. The van der Waals surface area contributed by atoms with E-state index in [2.05, 4.69) is 20.9 Å². The molecule has 1 unspecified atom stereocenters. The highest BCUT2D eigenvalue weighted by atomic mass is 79.9. The first kappa shape index (κ1) is 16.2. The molecular formula is C12H15BrN2O5S. The summed E-state index contributed by atoms with van der Waals surface area (Å²) in [6.45, 7) is 4.77. The van der Waals surface area contributed by atoms with E-state index in [1.54, 1.807) is 32.9 Å². The standard InChI is InChI=1S/C12H15BrN2O5S/c1-12(2,3)20-11(16)15-10(7-19-21(15,17)18)9-6-8(13)4-5-14-9/h4-6,10H,7H2,1-3H3. The van der Waals surface area contributed by atoms with Crippen LogP contribution in [0.4, 0.5) is 4.79 Å². The van der Waals surface area contributed by atoms with Gasteiger partial charge in [-0.25, -0.2) is 4.79 Å². The molecule has 7 nitrogen and oxygen atoms in total. The zero-order valence-electron chi connectivity index (χ0n) is 11.7. The van der Waals surface area contributed by atoms with Crippen molar-refractivity contribution in [2.45, 2.75) is 32.4 Å². The largest absolute Gasteiger partial charge is 0.443 e. The third-order valence-electron chi connectivity index (χ3n) is 2.56. The number of halogens is 1. The van der Waals surface area contributed by atoms with Gasteiger partial charge in [0.05, 0.1) is 12.3 Å². The number of hydrogen-bond acceptors (Lipinski definition) is 6. The molecule has 1 amide bonds. The maximum Gasteiger partial charge on any atom is 0.426 e. The molecule has 0 radical (unpaired) electrons. The molecule has 116 valence electrons. The van der Waals surface area contributed by atoms with Crippen LogP contribution >= 0.6 is 15.9 Å². The van der Waals surface area contributed by atoms with E-state index < -0.39 is 28.0 Å². The minimum atomic E-state index is -4.17. The lowest BCUT2D eigenvalue weighted by molar-refractivity contribution is 0.0354. The molecule has 1 aromatic heterocycles. The number of nitrogens with zero attached hydrogens (tertiary/aromatic N) is 2. The summed E-state index contributed by atoms with van der Waals surface area (Å²) in [4.78, 5) is 16.2. The number of carbonyl (C=O) groups is 1. The van der Waals surface area contributed by atoms with Crippen LogP contribution in [0.5, 0.6) is 0 Å². The van der Waals surface area contributed by atoms with Gasteiger partial charge in [0.1, 0.15) is 11.6 Å². The molecule has 0 aromatic carbocycles. The highest BCUT2D eigenvalue weighted by molar-refractivity contribution is 9.10. The van der Waals surface area contributed by atoms with Crippen LogP contribution < -0.4 is 0 Å². The Labute approximate surface area is 131 Å². The van der Waals surface area contributed by atoms with Crippen LogP contribution in [0.15, 0.2) is 22.8 Å². The first-order valence-electron chi connectivity index (χ1n) is 6.13. The van der Waals surface area contributed by atoms with E-state index in [0.29, 0.717) is 10.00 Å². The third-order valence-corrected chi connectivity index (χ3v) is 4.37. The molecule has 0 spiro atoms. The van der Waals surface area contributed by atoms with E-state index in [4.69, 9.17) is 8.92 Å². The fraction of sp³-hybridized carbons (Fsp3) is 0.500. The summed E-state index contributed by atoms with van der Waals surface area (Å²) in [6.07, 6.45) is 0.532. The van der Waals surface area contributed by atoms with E-state index in [1.165, 1.54) is 6.20 Å². The monoisotopic (exact) mass is 378 g/mol. The second-order valence-electron chi connectivity index (χ2n) is 5.43. The van der Waals surface area contributed by atoms with Gasteiger partial charge in [0.2, 0.25) is 0 Å². The van der Waals surface area contributed by atoms with Crippen LogP contribution in [-0.4, -0.2) is 36.0 Å². The van der Waals surface area contributed by atoms with Gasteiger partial charge < -0.3 is 4.74 Å². The number of ether oxygens (including phenoxy) is 1. The van der Waals surface area contributed by atoms with Gasteiger partial charge in [-0.05, 0) is 32.9 Å². The van der Waals surface area contributed by atoms with Crippen LogP contribution in [0.3, 0.4) is 0 Å². The Morgan fingerprint density at radius 2 is 2.19 bits per heavy atom. The highest BCUT2D eigenvalue weighted by Crippen LogP contribution is 2.32. The summed E-state index contributed by atoms with van der Waals surface area (Å²) in [5, 5.41) is 0. The molecule has 1 atom stereocenters. The topological polar surface area (TPSA) is 85.8 Å². The van der Waals surface area contributed by atoms with Gasteiger partial charge >= 0.3 is 16.4 Å². The van der Waals surface area contributed by atoms with Crippen molar-refractivity contribution >= 4 is 32.3 Å². The van der Waals surface area contributed by atoms with Gasteiger partial charge in [-0.15, -0.1) is 0 Å². The van der Waals surface area contributed by atoms with Gasteiger partial charge in [-0.3, -0.25) is 9.17 Å². The first-order chi connectivity index (χ1) is 9.60. The number of hydrogen-bond donors (Lipinski definition) is 0. The van der Waals surface area contributed by atoms with Gasteiger partial charge in [0.25, 0.3) is 0 Å². The number of amides is 1. The van der Waals surface area contributed by atoms with E-state index in [1.807, 2.05) is 0 Å². The molecular weight excluding hydrogens is 364 g/mol. The quantitative estimate of drug-likeness (QED) is 0.745. The highest BCUT2D eigenvalue weighted by Gasteiger charge is 2.46. The SMILES string of the molecule is CC(C)(C)OC(=O)N1C(c2cc(Br)ccn2)COS1(=O)=O. The van der Waals surface area contributed by atoms with Crippen molar-refractivity contribution in [2.75, 3.05) is 6.61 Å². The lowest BCUT2D eigenvalue weighted by Gasteiger charge is -2.25. The average molecular weight is 379 g/mol. The zero-order chi connectivity index (χ0) is 15.8. The second-order valence-corrected chi connectivity index (χ2v) is 7.83. The summed E-state index contributed by atoms with van der Waals surface area (Å²) >= 11 is 3.28. The van der Waals surface area contributed by atoms with Crippen LogP contribution in [0.25, 0.3) is 0 Å². The summed E-state index contributed by atoms with van der Waals surface area (Å²) in [7, 11) is -4.17. The number of rotatable bonds is 1. The van der Waals surface area contributed by atoms with Crippen LogP contribution in [-0.2, 0) is 19.2 Å². The maximum absolute atomic E-state index is 12.2. The van der Waals surface area contributed by atoms with Crippen molar-refractivity contribution < 1.29 is 22.1 Å². The Bertz CT molecular complexity index is 656. The van der Waals surface area contributed by atoms with E-state index in [-0.39, 0.29) is 6.61 Å². The Morgan fingerprint density at radius 3 is 2.76 bits per heavy atom. The summed E-state index contributed by atoms with van der Waals surface area (Å²) < 4.78 is 35.0. The predicted molar refractivity (Wildman–Crippen MR) is 77.6 cm³/mol. The van der Waals surface area contributed by atoms with Crippen molar-refractivity contribution in [3.05, 3.63) is 28.5 Å². The lowest BCUT2D eigenvalue weighted by Crippen LogP contribution is -2.39. The Morgan fingerprint density at radius 1 is 1.52 bits per heavy atom. The van der Waals surface area contributed by atoms with E-state index >= 15 is 0 Å². The van der Waals surface area contributed by atoms with Crippen LogP contribution in [0.2, 0.25) is 0 Å². The Balaban J connectivity index is 2.36. The van der Waals surface area contributed by atoms with Crippen molar-refractivity contribution in [3.63, 3.8) is 0 Å². The molecule has 1 fully saturated rings. The number of pyridine rings is 1. The van der Waals surface area contributed by atoms with Crippen molar-refractivity contribution in [1.29, 1.82) is 0 Å². The molecule has 21 heavy (non-hydrogen) atoms. The summed E-state index contributed by atoms with van der Waals surface area (Å²) in [5.41, 5.74) is -0.416. The van der Waals surface area contributed by atoms with Gasteiger partial charge in [0.15, 0.2) is 0 Å². The molecule has 1 saturated heterocycles. The van der Waals surface area contributed by atoms with E-state index in [9.17, 15) is 13.2 Å². The van der Waals surface area contributed by atoms with Crippen LogP contribution in [0.1, 0.15) is 32.5 Å². The first-order valence-corrected chi connectivity index (χ1v) is 8.29. The molecule has 1 aromatic rings. The fourth-order valence-corrected chi connectivity index (χ4v) is 3.23. The molecule has 1 aliphatic heterocycles. The van der Waals surface area contributed by atoms with Crippen molar-refractivity contribution in [3.8, 4) is 0 Å². The van der Waals surface area contributed by atoms with Crippen molar-refractivity contribution in [1.82, 2.24) is 9.29 Å². The van der Waals surface area contributed by atoms with Gasteiger partial charge in [0, 0.05) is 10.7 Å². The third kappa shape index (κ3) is 3.72. The normalized spacial score (nSPS) is 21.3. The lowest BCUT2D eigenvalue weighted by atomic mass is 10.2. The van der Waals surface area contributed by atoms with Gasteiger partial charge in [-0.2, -0.15) is 12.7 Å². The molecule has 2 heterocycles. The Hall–Kier alpha value is -1.19. The minimum Gasteiger partial charge on any atom is -0.443 e. The maximum atomic E-state index is 12.2. The second kappa shape index (κ2) is 5.54. The number of carbonyl (C=O) groups excluding carboxylic acids is 1. The Kier molecular flexibility index (Phi) is 4.27. The van der Waals surface area contributed by atoms with Crippen molar-refractivity contribution in [2.24, 2.45) is 0 Å². The molecule has 0 N–H and O–H groups in total. The minimum absolute atomic E-state index is 0.189. The van der Waals surface area contributed by atoms with Gasteiger partial charge in [-0.1, -0.05) is 15.9 Å².